The van der Waals surface area contributed by atoms with E-state index < -0.39 is 0 Å². The average Bonchev–Trinajstić information content (AvgIpc) is 2.76. The highest BCUT2D eigenvalue weighted by Crippen LogP contribution is 2.34. The molecule has 0 atom stereocenters. The van der Waals surface area contributed by atoms with Crippen LogP contribution in [-0.4, -0.2) is 5.97 Å². The van der Waals surface area contributed by atoms with Gasteiger partial charge in [0.25, 0.3) is 0 Å². The zero-order valence-corrected chi connectivity index (χ0v) is 9.96. The van der Waals surface area contributed by atoms with Crippen molar-refractivity contribution in [2.75, 3.05) is 0 Å². The van der Waals surface area contributed by atoms with Gasteiger partial charge in [0.2, 0.25) is 0 Å². The molecule has 3 rings (SSSR count). The van der Waals surface area contributed by atoms with Crippen LogP contribution in [0.4, 0.5) is 0 Å². The Morgan fingerprint density at radius 2 is 1.79 bits per heavy atom. The molecule has 0 aromatic heterocycles. The number of hydrogen-bond acceptors (Lipinski definition) is 3. The van der Waals surface area contributed by atoms with E-state index in [1.165, 1.54) is 0 Å². The van der Waals surface area contributed by atoms with Crippen LogP contribution in [0, 0.1) is 11.3 Å². The van der Waals surface area contributed by atoms with E-state index in [1.807, 2.05) is 18.2 Å². The molecular formula is C16H9NO2. The van der Waals surface area contributed by atoms with Gasteiger partial charge < -0.3 is 4.74 Å². The highest BCUT2D eigenvalue weighted by atomic mass is 16.5. The third-order valence-electron chi connectivity index (χ3n) is 2.95. The van der Waals surface area contributed by atoms with Crippen molar-refractivity contribution in [1.82, 2.24) is 0 Å². The monoisotopic (exact) mass is 247 g/mol. The molecule has 0 spiro atoms. The maximum Gasteiger partial charge on any atom is 0.344 e. The van der Waals surface area contributed by atoms with Gasteiger partial charge in [-0.05, 0) is 29.8 Å². The maximum atomic E-state index is 11.8. The van der Waals surface area contributed by atoms with Crippen LogP contribution in [-0.2, 0) is 4.79 Å². The lowest BCUT2D eigenvalue weighted by molar-refractivity contribution is -0.126. The number of hydrogen-bond donors (Lipinski definition) is 0. The smallest absolute Gasteiger partial charge is 0.344 e. The van der Waals surface area contributed by atoms with E-state index in [9.17, 15) is 4.79 Å². The molecule has 1 aliphatic rings. The lowest BCUT2D eigenvalue weighted by Gasteiger charge is -1.97. The highest BCUT2D eigenvalue weighted by molar-refractivity contribution is 6.25. The molecule has 0 N–H and O–H groups in total. The van der Waals surface area contributed by atoms with E-state index in [2.05, 4.69) is 6.07 Å². The molecule has 0 fully saturated rings. The summed E-state index contributed by atoms with van der Waals surface area (Å²) in [5.74, 6) is 0.248. The number of esters is 1. The largest absolute Gasteiger partial charge is 0.422 e. The summed E-state index contributed by atoms with van der Waals surface area (Å²) in [7, 11) is 0. The zero-order chi connectivity index (χ0) is 13.2. The summed E-state index contributed by atoms with van der Waals surface area (Å²) in [6, 6.07) is 16.4. The minimum absolute atomic E-state index is 0.342. The van der Waals surface area contributed by atoms with Crippen molar-refractivity contribution < 1.29 is 9.53 Å². The van der Waals surface area contributed by atoms with E-state index in [-0.39, 0.29) is 5.97 Å². The Labute approximate surface area is 110 Å². The summed E-state index contributed by atoms with van der Waals surface area (Å²) >= 11 is 0. The molecular weight excluding hydrogens is 238 g/mol. The third kappa shape index (κ3) is 2.00. The van der Waals surface area contributed by atoms with Crippen LogP contribution in [0.5, 0.6) is 5.75 Å². The molecule has 0 saturated carbocycles. The van der Waals surface area contributed by atoms with Gasteiger partial charge in [-0.15, -0.1) is 0 Å². The maximum absolute atomic E-state index is 11.8. The standard InChI is InChI=1S/C16H9NO2/c17-10-12-7-5-11(6-8-12)9-14-13-3-1-2-4-15(13)19-16(14)18/h1-9H. The number of carbonyl (C=O) groups excluding carboxylic acids is 1. The molecule has 0 saturated heterocycles. The molecule has 3 nitrogen and oxygen atoms in total. The Balaban J connectivity index is 2.04. The molecule has 1 aliphatic heterocycles. The predicted octanol–water partition coefficient (Wildman–Crippen LogP) is 3.02. The lowest BCUT2D eigenvalue weighted by Crippen LogP contribution is -2.00. The number of para-hydroxylation sites is 1. The summed E-state index contributed by atoms with van der Waals surface area (Å²) in [4.78, 5) is 11.8. The van der Waals surface area contributed by atoms with Gasteiger partial charge >= 0.3 is 5.97 Å². The normalized spacial score (nSPS) is 14.9. The van der Waals surface area contributed by atoms with Crippen molar-refractivity contribution in [2.24, 2.45) is 0 Å². The van der Waals surface area contributed by atoms with Crippen LogP contribution < -0.4 is 4.74 Å². The molecule has 0 bridgehead atoms. The van der Waals surface area contributed by atoms with Crippen LogP contribution in [0.1, 0.15) is 16.7 Å². The molecule has 3 heteroatoms. The van der Waals surface area contributed by atoms with E-state index in [0.717, 1.165) is 11.1 Å². The van der Waals surface area contributed by atoms with E-state index >= 15 is 0 Å². The topological polar surface area (TPSA) is 50.1 Å². The number of carbonyl (C=O) groups is 1. The molecule has 0 radical (unpaired) electrons. The van der Waals surface area contributed by atoms with Gasteiger partial charge in [0, 0.05) is 5.56 Å². The second-order valence-corrected chi connectivity index (χ2v) is 4.18. The van der Waals surface area contributed by atoms with Gasteiger partial charge in [-0.1, -0.05) is 30.3 Å². The lowest BCUT2D eigenvalue weighted by atomic mass is 10.0. The summed E-state index contributed by atoms with van der Waals surface area (Å²) in [6.45, 7) is 0. The van der Waals surface area contributed by atoms with Gasteiger partial charge in [-0.2, -0.15) is 5.26 Å². The van der Waals surface area contributed by atoms with Crippen molar-refractivity contribution >= 4 is 17.6 Å². The van der Waals surface area contributed by atoms with Crippen LogP contribution in [0.3, 0.4) is 0 Å². The quantitative estimate of drug-likeness (QED) is 0.442. The van der Waals surface area contributed by atoms with Crippen molar-refractivity contribution in [3.05, 3.63) is 65.2 Å². The molecule has 2 aromatic carbocycles. The molecule has 90 valence electrons. The first-order valence-electron chi connectivity index (χ1n) is 5.81. The number of ether oxygens (including phenoxy) is 1. The number of rotatable bonds is 1. The molecule has 2 aromatic rings. The van der Waals surface area contributed by atoms with Crippen molar-refractivity contribution in [3.8, 4) is 11.8 Å². The fourth-order valence-corrected chi connectivity index (χ4v) is 2.00. The van der Waals surface area contributed by atoms with Crippen LogP contribution >= 0.6 is 0 Å². The minimum Gasteiger partial charge on any atom is -0.422 e. The minimum atomic E-state index is -0.342. The van der Waals surface area contributed by atoms with Gasteiger partial charge in [0.05, 0.1) is 17.2 Å². The summed E-state index contributed by atoms with van der Waals surface area (Å²) in [5, 5.41) is 8.75. The van der Waals surface area contributed by atoms with Gasteiger partial charge in [-0.3, -0.25) is 0 Å². The third-order valence-corrected chi connectivity index (χ3v) is 2.95. The Hall–Kier alpha value is -2.86. The Morgan fingerprint density at radius 1 is 1.05 bits per heavy atom. The summed E-state index contributed by atoms with van der Waals surface area (Å²) < 4.78 is 5.18. The fourth-order valence-electron chi connectivity index (χ4n) is 2.00. The average molecular weight is 247 g/mol. The van der Waals surface area contributed by atoms with Gasteiger partial charge in [0.15, 0.2) is 0 Å². The van der Waals surface area contributed by atoms with E-state index in [0.29, 0.717) is 16.9 Å². The summed E-state index contributed by atoms with van der Waals surface area (Å²) in [5.41, 5.74) is 2.80. The Kier molecular flexibility index (Phi) is 2.62. The number of fused-ring (bicyclic) bond motifs is 1. The number of benzene rings is 2. The van der Waals surface area contributed by atoms with Crippen molar-refractivity contribution in [2.45, 2.75) is 0 Å². The molecule has 0 amide bonds. The van der Waals surface area contributed by atoms with Gasteiger partial charge in [-0.25, -0.2) is 4.79 Å². The van der Waals surface area contributed by atoms with Crippen LogP contribution in [0.15, 0.2) is 48.5 Å². The molecule has 19 heavy (non-hydrogen) atoms. The number of nitrogens with zero attached hydrogens (tertiary/aromatic N) is 1. The first-order chi connectivity index (χ1) is 9.28. The second-order valence-electron chi connectivity index (χ2n) is 4.18. The van der Waals surface area contributed by atoms with Gasteiger partial charge in [0.1, 0.15) is 5.75 Å². The van der Waals surface area contributed by atoms with Crippen LogP contribution in [0.25, 0.3) is 11.6 Å². The molecule has 0 unspecified atom stereocenters. The summed E-state index contributed by atoms with van der Waals surface area (Å²) in [6.07, 6.45) is 1.77. The van der Waals surface area contributed by atoms with Crippen molar-refractivity contribution in [3.63, 3.8) is 0 Å². The van der Waals surface area contributed by atoms with Crippen LogP contribution in [0.2, 0.25) is 0 Å². The van der Waals surface area contributed by atoms with E-state index in [1.54, 1.807) is 36.4 Å². The zero-order valence-electron chi connectivity index (χ0n) is 9.96. The second kappa shape index (κ2) is 4.43. The Bertz CT molecular complexity index is 721. The highest BCUT2D eigenvalue weighted by Gasteiger charge is 2.25. The predicted molar refractivity (Wildman–Crippen MR) is 71.1 cm³/mol. The SMILES string of the molecule is N#Cc1ccc(C=C2C(=O)Oc3ccccc32)cc1. The van der Waals surface area contributed by atoms with E-state index in [4.69, 9.17) is 10.00 Å². The van der Waals surface area contributed by atoms with Crippen molar-refractivity contribution in [1.29, 1.82) is 5.26 Å². The first-order valence-corrected chi connectivity index (χ1v) is 5.81. The first kappa shape index (κ1) is 11.2. The Morgan fingerprint density at radius 3 is 2.53 bits per heavy atom. The molecule has 0 aliphatic carbocycles. The number of nitriles is 1. The molecule has 1 heterocycles. The fraction of sp³-hybridized carbons (Fsp3) is 0.